The molecule has 5 aromatic rings. The van der Waals surface area contributed by atoms with Gasteiger partial charge < -0.3 is 38.7 Å². The molecule has 3 saturated heterocycles. The van der Waals surface area contributed by atoms with E-state index in [0.717, 1.165) is 54.7 Å². The molecule has 5 atom stereocenters. The second kappa shape index (κ2) is 15.7. The van der Waals surface area contributed by atoms with Crippen molar-refractivity contribution in [3.8, 4) is 0 Å². The zero-order chi connectivity index (χ0) is 38.3. The van der Waals surface area contributed by atoms with Crippen LogP contribution >= 0.6 is 0 Å². The van der Waals surface area contributed by atoms with Crippen LogP contribution in [0, 0.1) is 0 Å². The first-order valence-electron chi connectivity index (χ1n) is 19.2. The summed E-state index contributed by atoms with van der Waals surface area (Å²) < 4.78 is 31.6. The number of nitrogens with zero attached hydrogens (tertiary/aromatic N) is 2. The van der Waals surface area contributed by atoms with Crippen LogP contribution in [0.3, 0.4) is 0 Å². The third-order valence-corrected chi connectivity index (χ3v) is 11.4. The fourth-order valence-corrected chi connectivity index (χ4v) is 8.56. The zero-order valence-corrected chi connectivity index (χ0v) is 30.7. The number of aliphatic carboxylic acids is 2. The van der Waals surface area contributed by atoms with Gasteiger partial charge in [0.15, 0.2) is 6.29 Å². The molecular formula is C42H42B2N2O10. The summed E-state index contributed by atoms with van der Waals surface area (Å²) in [4.78, 5) is 28.1. The van der Waals surface area contributed by atoms with Crippen molar-refractivity contribution in [3.05, 3.63) is 119 Å². The number of hydrogen-bond donors (Lipinski definition) is 3. The van der Waals surface area contributed by atoms with Crippen LogP contribution in [0.25, 0.3) is 21.5 Å². The lowest BCUT2D eigenvalue weighted by atomic mass is 9.76. The van der Waals surface area contributed by atoms with Crippen LogP contribution in [-0.4, -0.2) is 102 Å². The SMILES string of the molecule is O=C(O)CCN1Cc2ccccc2B2O[C@H]3O[C@@H]([C@H](O)[C@H]3O2)[C@@H]2COB(O2)c2ccccc2CN(CCC(=O)O)Cc2ccc(c3cc4ccccc4cc23)C1. The monoisotopic (exact) mass is 756 g/mol. The maximum Gasteiger partial charge on any atom is 0.496 e. The third kappa shape index (κ3) is 7.47. The first-order valence-corrected chi connectivity index (χ1v) is 19.2. The Kier molecular flexibility index (Phi) is 10.4. The molecular weight excluding hydrogens is 714 g/mol. The van der Waals surface area contributed by atoms with Crippen molar-refractivity contribution in [2.75, 3.05) is 19.7 Å². The molecule has 0 saturated carbocycles. The lowest BCUT2D eigenvalue weighted by Crippen LogP contribution is -2.45. The van der Waals surface area contributed by atoms with E-state index in [2.05, 4.69) is 46.2 Å². The normalized spacial score (nSPS) is 24.3. The summed E-state index contributed by atoms with van der Waals surface area (Å²) in [6.45, 7) is 2.60. The van der Waals surface area contributed by atoms with E-state index in [1.807, 2.05) is 60.7 Å². The van der Waals surface area contributed by atoms with Crippen LogP contribution in [0.2, 0.25) is 0 Å². The van der Waals surface area contributed by atoms with Crippen molar-refractivity contribution in [1.82, 2.24) is 9.80 Å². The molecule has 0 aliphatic carbocycles. The van der Waals surface area contributed by atoms with Crippen molar-refractivity contribution in [2.24, 2.45) is 0 Å². The van der Waals surface area contributed by atoms with Gasteiger partial charge in [0.2, 0.25) is 0 Å². The highest BCUT2D eigenvalue weighted by Crippen LogP contribution is 2.36. The molecule has 0 unspecified atom stereocenters. The Labute approximate surface area is 324 Å². The standard InChI is InChI=1S/C42H42B2N2O10/c47-37(48)15-17-45-21-28-13-14-29(33-20-27-8-2-1-7-26(27)19-32(28)33)22-46(18-16-38(49)50)24-31-10-4-6-12-35(31)44-55-41-39(51)40(53-42(41)56-44)36-25-52-43(54-36)34-11-5-3-9-30(34)23-45/h1-14,19-20,36,39-42,51H,15-18,21-25H2,(H,47,48)(H,49,50)/t36-,39-,40+,41+,42+/m0/s1. The van der Waals surface area contributed by atoms with E-state index in [1.165, 1.54) is 0 Å². The maximum atomic E-state index is 11.9. The highest BCUT2D eigenvalue weighted by Gasteiger charge is 2.57. The lowest BCUT2D eigenvalue weighted by molar-refractivity contribution is -0.138. The molecule has 3 fully saturated rings. The maximum absolute atomic E-state index is 11.9. The third-order valence-electron chi connectivity index (χ3n) is 11.4. The number of carboxylic acid groups (broad SMARTS) is 2. The van der Waals surface area contributed by atoms with Gasteiger partial charge in [0, 0.05) is 39.3 Å². The molecule has 8 bridgehead atoms. The number of rotatable bonds is 6. The van der Waals surface area contributed by atoms with E-state index < -0.39 is 56.9 Å². The zero-order valence-electron chi connectivity index (χ0n) is 30.7. The Morgan fingerprint density at radius 1 is 0.625 bits per heavy atom. The topological polar surface area (TPSA) is 147 Å². The van der Waals surface area contributed by atoms with Crippen LogP contribution < -0.4 is 10.9 Å². The van der Waals surface area contributed by atoms with Crippen molar-refractivity contribution in [1.29, 1.82) is 0 Å². The molecule has 12 rings (SSSR count). The van der Waals surface area contributed by atoms with Gasteiger partial charge in [-0.2, -0.15) is 0 Å². The predicted octanol–water partition coefficient (Wildman–Crippen LogP) is 3.27. The first kappa shape index (κ1) is 37.0. The molecule has 0 spiro atoms. The van der Waals surface area contributed by atoms with Gasteiger partial charge in [-0.1, -0.05) is 84.9 Å². The number of carbonyl (C=O) groups is 2. The second-order valence-electron chi connectivity index (χ2n) is 15.1. The molecule has 3 N–H and O–H groups in total. The van der Waals surface area contributed by atoms with Gasteiger partial charge in [-0.15, -0.1) is 0 Å². The molecule has 5 aromatic carbocycles. The van der Waals surface area contributed by atoms with E-state index in [9.17, 15) is 24.9 Å². The summed E-state index contributed by atoms with van der Waals surface area (Å²) in [6, 6.07) is 32.5. The number of fused-ring (bicyclic) bond motifs is 1. The number of hydrogen-bond acceptors (Lipinski definition) is 10. The summed E-state index contributed by atoms with van der Waals surface area (Å²) in [5, 5.41) is 35.3. The average Bonchev–Trinajstić information content (AvgIpc) is 3.93. The predicted molar refractivity (Wildman–Crippen MR) is 209 cm³/mol. The molecule has 0 radical (unpaired) electrons. The van der Waals surface area contributed by atoms with E-state index in [0.29, 0.717) is 39.3 Å². The summed E-state index contributed by atoms with van der Waals surface area (Å²) in [7, 11) is -1.52. The molecule has 286 valence electrons. The van der Waals surface area contributed by atoms with Crippen molar-refractivity contribution in [3.63, 3.8) is 0 Å². The molecule has 14 heteroatoms. The number of aliphatic hydroxyl groups is 1. The largest absolute Gasteiger partial charge is 0.496 e. The van der Waals surface area contributed by atoms with Gasteiger partial charge in [0.1, 0.15) is 18.3 Å². The summed E-state index contributed by atoms with van der Waals surface area (Å²) in [5.41, 5.74) is 5.53. The highest BCUT2D eigenvalue weighted by molar-refractivity contribution is 6.62. The first-order chi connectivity index (χ1) is 27.3. The molecule has 7 heterocycles. The van der Waals surface area contributed by atoms with Crippen molar-refractivity contribution < 1.29 is 48.3 Å². The van der Waals surface area contributed by atoms with Gasteiger partial charge in [-0.25, -0.2) is 0 Å². The van der Waals surface area contributed by atoms with Crippen molar-refractivity contribution >= 4 is 58.6 Å². The van der Waals surface area contributed by atoms with Crippen LogP contribution in [0.15, 0.2) is 97.1 Å². The van der Waals surface area contributed by atoms with Gasteiger partial charge in [-0.05, 0) is 66.9 Å². The second-order valence-corrected chi connectivity index (χ2v) is 15.1. The van der Waals surface area contributed by atoms with Crippen molar-refractivity contribution in [2.45, 2.75) is 69.7 Å². The molecule has 7 aliphatic heterocycles. The van der Waals surface area contributed by atoms with E-state index >= 15 is 0 Å². The number of carboxylic acids is 2. The lowest BCUT2D eigenvalue weighted by Gasteiger charge is -2.27. The highest BCUT2D eigenvalue weighted by atomic mass is 16.8. The number of aliphatic hydroxyl groups excluding tert-OH is 1. The quantitative estimate of drug-likeness (QED) is 0.173. The number of benzene rings is 5. The van der Waals surface area contributed by atoms with Crippen LogP contribution in [0.1, 0.15) is 35.1 Å². The van der Waals surface area contributed by atoms with E-state index in [4.69, 9.17) is 23.4 Å². The van der Waals surface area contributed by atoms with Crippen LogP contribution in [0.4, 0.5) is 0 Å². The van der Waals surface area contributed by atoms with Crippen LogP contribution in [-0.2, 0) is 59.1 Å². The van der Waals surface area contributed by atoms with Gasteiger partial charge in [-0.3, -0.25) is 19.4 Å². The fourth-order valence-electron chi connectivity index (χ4n) is 8.56. The fraction of sp³-hybridized carbons (Fsp3) is 0.333. The summed E-state index contributed by atoms with van der Waals surface area (Å²) >= 11 is 0. The Morgan fingerprint density at radius 3 is 1.70 bits per heavy atom. The van der Waals surface area contributed by atoms with Gasteiger partial charge in [0.05, 0.1) is 25.6 Å². The molecule has 0 amide bonds. The Balaban J connectivity index is 1.15. The minimum Gasteiger partial charge on any atom is -0.481 e. The Morgan fingerprint density at radius 2 is 1.14 bits per heavy atom. The minimum absolute atomic E-state index is 0.0378. The Hall–Kier alpha value is -4.63. The molecule has 0 aromatic heterocycles. The smallest absolute Gasteiger partial charge is 0.481 e. The summed E-state index contributed by atoms with van der Waals surface area (Å²) in [5.74, 6) is -1.76. The number of ether oxygens (including phenoxy) is 1. The van der Waals surface area contributed by atoms with E-state index in [1.54, 1.807) is 0 Å². The molecule has 12 nitrogen and oxygen atoms in total. The van der Waals surface area contributed by atoms with E-state index in [-0.39, 0.29) is 19.4 Å². The van der Waals surface area contributed by atoms with Gasteiger partial charge >= 0.3 is 26.2 Å². The Bertz CT molecular complexity index is 2280. The van der Waals surface area contributed by atoms with Gasteiger partial charge in [0.25, 0.3) is 0 Å². The molecule has 7 aliphatic rings. The minimum atomic E-state index is -1.04. The summed E-state index contributed by atoms with van der Waals surface area (Å²) in [6.07, 6.45) is -4.04. The average molecular weight is 756 g/mol. The molecule has 56 heavy (non-hydrogen) atoms. The van der Waals surface area contributed by atoms with Crippen LogP contribution in [0.5, 0.6) is 0 Å².